The van der Waals surface area contributed by atoms with Gasteiger partial charge >= 0.3 is 5.97 Å². The lowest BCUT2D eigenvalue weighted by atomic mass is 10.1. The smallest absolute Gasteiger partial charge is 0.308 e. The summed E-state index contributed by atoms with van der Waals surface area (Å²) in [6.07, 6.45) is -0.237. The lowest BCUT2D eigenvalue weighted by Gasteiger charge is -2.33. The first-order valence-corrected chi connectivity index (χ1v) is 8.01. The number of methoxy groups -OCH3 is 1. The van der Waals surface area contributed by atoms with Crippen LogP contribution in [0, 0.1) is 5.82 Å². The summed E-state index contributed by atoms with van der Waals surface area (Å²) in [5.41, 5.74) is 0.618. The zero-order valence-corrected chi connectivity index (χ0v) is 14.0. The molecule has 1 N–H and O–H groups in total. The molecule has 1 fully saturated rings. The van der Waals surface area contributed by atoms with E-state index in [-0.39, 0.29) is 31.1 Å². The summed E-state index contributed by atoms with van der Waals surface area (Å²) in [5, 5.41) is 2.63. The Kier molecular flexibility index (Phi) is 5.01. The Morgan fingerprint density at radius 2 is 2.00 bits per heavy atom. The number of rotatable bonds is 4. The van der Waals surface area contributed by atoms with Crippen LogP contribution < -0.4 is 5.32 Å². The number of furan rings is 1. The number of carbonyl (C=O) groups excluding carboxylic acids is 3. The highest BCUT2D eigenvalue weighted by atomic mass is 19.1. The fourth-order valence-corrected chi connectivity index (χ4v) is 2.77. The van der Waals surface area contributed by atoms with Crippen molar-refractivity contribution in [2.45, 2.75) is 12.5 Å². The van der Waals surface area contributed by atoms with Crippen LogP contribution in [0.2, 0.25) is 0 Å². The van der Waals surface area contributed by atoms with Gasteiger partial charge in [0.05, 0.1) is 13.5 Å². The summed E-state index contributed by atoms with van der Waals surface area (Å²) in [4.78, 5) is 37.7. The van der Waals surface area contributed by atoms with E-state index in [1.165, 1.54) is 42.3 Å². The third-order valence-corrected chi connectivity index (χ3v) is 4.12. The van der Waals surface area contributed by atoms with Crippen molar-refractivity contribution in [2.75, 3.05) is 20.2 Å². The molecule has 136 valence electrons. The predicted octanol–water partition coefficient (Wildman–Crippen LogP) is 1.59. The van der Waals surface area contributed by atoms with Crippen molar-refractivity contribution in [3.05, 3.63) is 48.0 Å². The molecule has 0 bridgehead atoms. The Hall–Kier alpha value is -3.16. The number of ether oxygens (including phenoxy) is 1. The molecular formula is C18H17FN2O5. The van der Waals surface area contributed by atoms with E-state index in [2.05, 4.69) is 10.1 Å². The first kappa shape index (κ1) is 17.7. The SMILES string of the molecule is COC(=O)CC1C(=O)NCCN1C(=O)c1ccc(-c2ccc(F)cc2)o1. The van der Waals surface area contributed by atoms with Gasteiger partial charge in [-0.3, -0.25) is 14.4 Å². The van der Waals surface area contributed by atoms with Crippen molar-refractivity contribution in [3.63, 3.8) is 0 Å². The van der Waals surface area contributed by atoms with Crippen LogP contribution in [-0.4, -0.2) is 48.9 Å². The summed E-state index contributed by atoms with van der Waals surface area (Å²) in [6.45, 7) is 0.534. The van der Waals surface area contributed by atoms with Gasteiger partial charge in [0.15, 0.2) is 5.76 Å². The molecule has 2 aromatic rings. The molecule has 3 rings (SSSR count). The number of piperazine rings is 1. The number of amides is 2. The number of benzene rings is 1. The quantitative estimate of drug-likeness (QED) is 0.837. The molecule has 8 heteroatoms. The van der Waals surface area contributed by atoms with Gasteiger partial charge in [-0.25, -0.2) is 4.39 Å². The van der Waals surface area contributed by atoms with E-state index >= 15 is 0 Å². The second-order valence-corrected chi connectivity index (χ2v) is 5.76. The minimum atomic E-state index is -0.955. The monoisotopic (exact) mass is 360 g/mol. The second kappa shape index (κ2) is 7.38. The van der Waals surface area contributed by atoms with E-state index < -0.39 is 23.8 Å². The predicted molar refractivity (Wildman–Crippen MR) is 88.6 cm³/mol. The molecule has 1 unspecified atom stereocenters. The highest BCUT2D eigenvalue weighted by Crippen LogP contribution is 2.24. The summed E-state index contributed by atoms with van der Waals surface area (Å²) < 4.78 is 23.2. The van der Waals surface area contributed by atoms with Crippen molar-refractivity contribution < 1.29 is 27.9 Å². The first-order chi connectivity index (χ1) is 12.5. The Balaban J connectivity index is 1.82. The Labute approximate surface area is 148 Å². The van der Waals surface area contributed by atoms with Gasteiger partial charge in [0, 0.05) is 18.7 Å². The van der Waals surface area contributed by atoms with Crippen molar-refractivity contribution >= 4 is 17.8 Å². The molecule has 1 aliphatic heterocycles. The van der Waals surface area contributed by atoms with Crippen LogP contribution in [0.25, 0.3) is 11.3 Å². The van der Waals surface area contributed by atoms with Crippen LogP contribution in [0.4, 0.5) is 4.39 Å². The van der Waals surface area contributed by atoms with E-state index in [1.54, 1.807) is 6.07 Å². The molecule has 1 aromatic heterocycles. The summed E-state index contributed by atoms with van der Waals surface area (Å²) in [7, 11) is 1.22. The van der Waals surface area contributed by atoms with Gasteiger partial charge in [0.25, 0.3) is 5.91 Å². The van der Waals surface area contributed by atoms with Gasteiger partial charge < -0.3 is 19.4 Å². The van der Waals surface area contributed by atoms with Crippen LogP contribution in [0.15, 0.2) is 40.8 Å². The van der Waals surface area contributed by atoms with Crippen molar-refractivity contribution in [1.82, 2.24) is 10.2 Å². The molecule has 2 amide bonds. The Bertz CT molecular complexity index is 830. The van der Waals surface area contributed by atoms with Gasteiger partial charge in [-0.05, 0) is 36.4 Å². The molecule has 1 atom stereocenters. The number of esters is 1. The number of hydrogen-bond acceptors (Lipinski definition) is 5. The van der Waals surface area contributed by atoms with Gasteiger partial charge in [-0.2, -0.15) is 0 Å². The molecule has 1 aliphatic rings. The van der Waals surface area contributed by atoms with Gasteiger partial charge in [0.1, 0.15) is 17.6 Å². The van der Waals surface area contributed by atoms with Crippen LogP contribution in [-0.2, 0) is 14.3 Å². The zero-order valence-electron chi connectivity index (χ0n) is 14.0. The van der Waals surface area contributed by atoms with E-state index in [0.29, 0.717) is 11.3 Å². The lowest BCUT2D eigenvalue weighted by Crippen LogP contribution is -2.57. The van der Waals surface area contributed by atoms with Crippen molar-refractivity contribution in [2.24, 2.45) is 0 Å². The highest BCUT2D eigenvalue weighted by molar-refractivity contribution is 5.98. The maximum absolute atomic E-state index is 13.0. The van der Waals surface area contributed by atoms with Crippen LogP contribution >= 0.6 is 0 Å². The summed E-state index contributed by atoms with van der Waals surface area (Å²) >= 11 is 0. The summed E-state index contributed by atoms with van der Waals surface area (Å²) in [5.74, 6) is -1.44. The number of hydrogen-bond donors (Lipinski definition) is 1. The van der Waals surface area contributed by atoms with E-state index in [0.717, 1.165) is 0 Å². The number of carbonyl (C=O) groups is 3. The maximum atomic E-state index is 13.0. The van der Waals surface area contributed by atoms with Crippen LogP contribution in [0.3, 0.4) is 0 Å². The molecule has 0 aliphatic carbocycles. The largest absolute Gasteiger partial charge is 0.469 e. The van der Waals surface area contributed by atoms with Crippen LogP contribution in [0.1, 0.15) is 17.0 Å². The maximum Gasteiger partial charge on any atom is 0.308 e. The molecule has 2 heterocycles. The minimum absolute atomic E-state index is 0.0360. The number of nitrogens with zero attached hydrogens (tertiary/aromatic N) is 1. The minimum Gasteiger partial charge on any atom is -0.469 e. The van der Waals surface area contributed by atoms with Gasteiger partial charge in [-0.1, -0.05) is 0 Å². The molecule has 7 nitrogen and oxygen atoms in total. The van der Waals surface area contributed by atoms with Crippen molar-refractivity contribution in [1.29, 1.82) is 0 Å². The molecule has 0 radical (unpaired) electrons. The standard InChI is InChI=1S/C18H17FN2O5/c1-25-16(22)10-13-17(23)20-8-9-21(13)18(24)15-7-6-14(26-15)11-2-4-12(19)5-3-11/h2-7,13H,8-10H2,1H3,(H,20,23). The molecule has 1 saturated heterocycles. The third-order valence-electron chi connectivity index (χ3n) is 4.12. The molecular weight excluding hydrogens is 343 g/mol. The Morgan fingerprint density at radius 3 is 2.69 bits per heavy atom. The lowest BCUT2D eigenvalue weighted by molar-refractivity contribution is -0.145. The van der Waals surface area contributed by atoms with Crippen molar-refractivity contribution in [3.8, 4) is 11.3 Å². The fourth-order valence-electron chi connectivity index (χ4n) is 2.77. The summed E-state index contributed by atoms with van der Waals surface area (Å²) in [6, 6.07) is 7.79. The second-order valence-electron chi connectivity index (χ2n) is 5.76. The molecule has 1 aromatic carbocycles. The fraction of sp³-hybridized carbons (Fsp3) is 0.278. The highest BCUT2D eigenvalue weighted by Gasteiger charge is 2.36. The average Bonchev–Trinajstić information content (AvgIpc) is 3.13. The third kappa shape index (κ3) is 3.58. The Morgan fingerprint density at radius 1 is 1.27 bits per heavy atom. The molecule has 0 spiro atoms. The van der Waals surface area contributed by atoms with E-state index in [4.69, 9.17) is 4.42 Å². The normalized spacial score (nSPS) is 16.9. The molecule has 26 heavy (non-hydrogen) atoms. The van der Waals surface area contributed by atoms with E-state index in [9.17, 15) is 18.8 Å². The average molecular weight is 360 g/mol. The zero-order chi connectivity index (χ0) is 18.7. The first-order valence-electron chi connectivity index (χ1n) is 8.01. The topological polar surface area (TPSA) is 88.9 Å². The number of nitrogens with one attached hydrogen (secondary N) is 1. The van der Waals surface area contributed by atoms with Gasteiger partial charge in [0.2, 0.25) is 5.91 Å². The molecule has 0 saturated carbocycles. The van der Waals surface area contributed by atoms with Crippen LogP contribution in [0.5, 0.6) is 0 Å². The number of halogens is 1. The van der Waals surface area contributed by atoms with Gasteiger partial charge in [-0.15, -0.1) is 0 Å². The van der Waals surface area contributed by atoms with E-state index in [1.807, 2.05) is 0 Å².